The number of hydrogen-bond acceptors (Lipinski definition) is 7. The van der Waals surface area contributed by atoms with Crippen molar-refractivity contribution in [3.8, 4) is 5.75 Å². The van der Waals surface area contributed by atoms with Crippen LogP contribution in [0.1, 0.15) is 36.8 Å². The maximum atomic E-state index is 14.0. The Kier molecular flexibility index (Phi) is 6.78. The van der Waals surface area contributed by atoms with Crippen LogP contribution in [-0.2, 0) is 17.9 Å². The fourth-order valence-electron chi connectivity index (χ4n) is 4.96. The van der Waals surface area contributed by atoms with E-state index in [-0.39, 0.29) is 12.6 Å². The summed E-state index contributed by atoms with van der Waals surface area (Å²) in [4.78, 5) is 11.6. The van der Waals surface area contributed by atoms with E-state index in [1.807, 2.05) is 37.2 Å². The highest BCUT2D eigenvalue weighted by molar-refractivity contribution is 5.90. The quantitative estimate of drug-likeness (QED) is 0.534. The van der Waals surface area contributed by atoms with Gasteiger partial charge in [0.1, 0.15) is 17.4 Å². The van der Waals surface area contributed by atoms with Gasteiger partial charge in [-0.25, -0.2) is 9.37 Å². The van der Waals surface area contributed by atoms with Crippen molar-refractivity contribution in [1.82, 2.24) is 15.3 Å². The van der Waals surface area contributed by atoms with E-state index >= 15 is 0 Å². The van der Waals surface area contributed by atoms with Crippen LogP contribution >= 0.6 is 0 Å². The average Bonchev–Trinajstić information content (AvgIpc) is 2.84. The third-order valence-corrected chi connectivity index (χ3v) is 6.69. The molecule has 0 bridgehead atoms. The first-order chi connectivity index (χ1) is 16.6. The lowest BCUT2D eigenvalue weighted by atomic mass is 9.86. The number of nitrogens with one attached hydrogen (secondary N) is 2. The summed E-state index contributed by atoms with van der Waals surface area (Å²) in [6, 6.07) is 11.5. The van der Waals surface area contributed by atoms with Crippen LogP contribution in [0.3, 0.4) is 0 Å². The van der Waals surface area contributed by atoms with Crippen molar-refractivity contribution in [2.24, 2.45) is 5.92 Å². The van der Waals surface area contributed by atoms with Gasteiger partial charge in [-0.1, -0.05) is 12.1 Å². The Hall–Kier alpha value is -2.97. The fraction of sp³-hybridized carbons (Fsp3) is 0.462. The van der Waals surface area contributed by atoms with Crippen LogP contribution in [0.4, 0.5) is 16.2 Å². The molecule has 1 aromatic heterocycles. The minimum Gasteiger partial charge on any atom is -0.467 e. The fourth-order valence-corrected chi connectivity index (χ4v) is 4.96. The van der Waals surface area contributed by atoms with Crippen molar-refractivity contribution in [1.29, 1.82) is 0 Å². The molecular weight excluding hydrogens is 433 g/mol. The van der Waals surface area contributed by atoms with Crippen molar-refractivity contribution in [3.05, 3.63) is 53.3 Å². The lowest BCUT2D eigenvalue weighted by molar-refractivity contribution is -0.0173. The number of benzene rings is 2. The summed E-state index contributed by atoms with van der Waals surface area (Å²) in [6.45, 7) is 2.12. The van der Waals surface area contributed by atoms with Crippen LogP contribution in [0.15, 0.2) is 36.4 Å². The zero-order valence-electron chi connectivity index (χ0n) is 19.8. The van der Waals surface area contributed by atoms with Gasteiger partial charge in [0, 0.05) is 43.2 Å². The number of nitrogens with zero attached hydrogens (tertiary/aromatic N) is 3. The normalized spacial score (nSPS) is 20.0. The molecule has 34 heavy (non-hydrogen) atoms. The molecule has 8 heteroatoms. The van der Waals surface area contributed by atoms with E-state index in [4.69, 9.17) is 19.4 Å². The highest BCUT2D eigenvalue weighted by Crippen LogP contribution is 2.31. The van der Waals surface area contributed by atoms with Crippen LogP contribution in [0.5, 0.6) is 5.75 Å². The molecule has 0 spiro atoms. The number of fused-ring (bicyclic) bond motifs is 2. The summed E-state index contributed by atoms with van der Waals surface area (Å²) in [6.07, 6.45) is 4.42. The van der Waals surface area contributed by atoms with E-state index in [1.165, 1.54) is 6.07 Å². The molecule has 2 aliphatic rings. The van der Waals surface area contributed by atoms with E-state index in [9.17, 15) is 4.39 Å². The molecule has 180 valence electrons. The van der Waals surface area contributed by atoms with E-state index in [2.05, 4.69) is 16.7 Å². The largest absolute Gasteiger partial charge is 0.467 e. The van der Waals surface area contributed by atoms with E-state index < -0.39 is 0 Å². The number of hydrogen-bond donors (Lipinski definition) is 2. The number of aromatic nitrogens is 2. The van der Waals surface area contributed by atoms with Crippen molar-refractivity contribution >= 4 is 22.7 Å². The van der Waals surface area contributed by atoms with Gasteiger partial charge in [-0.3, -0.25) is 0 Å². The Morgan fingerprint density at radius 2 is 1.91 bits per heavy atom. The second kappa shape index (κ2) is 10.1. The van der Waals surface area contributed by atoms with Crippen LogP contribution in [-0.4, -0.2) is 43.4 Å². The van der Waals surface area contributed by atoms with Gasteiger partial charge in [-0.05, 0) is 62.4 Å². The van der Waals surface area contributed by atoms with Crippen molar-refractivity contribution in [2.45, 2.75) is 44.9 Å². The third kappa shape index (κ3) is 5.08. The lowest BCUT2D eigenvalue weighted by Crippen LogP contribution is -2.32. The first-order valence-corrected chi connectivity index (χ1v) is 12.0. The highest BCUT2D eigenvalue weighted by atomic mass is 19.1. The third-order valence-electron chi connectivity index (χ3n) is 6.69. The molecule has 0 unspecified atom stereocenters. The monoisotopic (exact) mass is 465 g/mol. The summed E-state index contributed by atoms with van der Waals surface area (Å²) in [5.74, 6) is 2.75. The molecule has 1 fully saturated rings. The standard InChI is InChI=1S/C26H32FN5O2/c1-32(2)25-22-5-3-4-6-23(22)30-26(31-25)29-21-9-7-17(8-10-21)13-28-14-18-11-20(27)12-19-15-33-16-34-24(18)19/h3-6,11-12,17,21,28H,7-10,13-16H2,1-2H3,(H,29,30,31). The Morgan fingerprint density at radius 3 is 2.74 bits per heavy atom. The maximum absolute atomic E-state index is 14.0. The summed E-state index contributed by atoms with van der Waals surface area (Å²) < 4.78 is 24.8. The molecule has 1 aliphatic heterocycles. The first-order valence-electron chi connectivity index (χ1n) is 12.0. The van der Waals surface area contributed by atoms with Gasteiger partial charge in [0.2, 0.25) is 5.95 Å². The molecule has 2 N–H and O–H groups in total. The van der Waals surface area contributed by atoms with Crippen molar-refractivity contribution in [3.63, 3.8) is 0 Å². The van der Waals surface area contributed by atoms with Crippen LogP contribution < -0.4 is 20.3 Å². The number of anilines is 2. The Labute approximate surface area is 199 Å². The summed E-state index contributed by atoms with van der Waals surface area (Å²) in [7, 11) is 4.02. The molecule has 1 aliphatic carbocycles. The van der Waals surface area contributed by atoms with E-state index in [1.54, 1.807) is 6.07 Å². The molecule has 3 aromatic rings. The average molecular weight is 466 g/mol. The smallest absolute Gasteiger partial charge is 0.225 e. The number of ether oxygens (including phenoxy) is 2. The van der Waals surface area contributed by atoms with Crippen molar-refractivity contribution < 1.29 is 13.9 Å². The van der Waals surface area contributed by atoms with E-state index in [0.717, 1.165) is 65.8 Å². The maximum Gasteiger partial charge on any atom is 0.225 e. The Balaban J connectivity index is 1.14. The number of halogens is 1. The zero-order valence-corrected chi connectivity index (χ0v) is 19.8. The zero-order chi connectivity index (χ0) is 23.5. The number of rotatable bonds is 7. The van der Waals surface area contributed by atoms with Crippen molar-refractivity contribution in [2.75, 3.05) is 37.6 Å². The predicted molar refractivity (Wildman–Crippen MR) is 132 cm³/mol. The molecular formula is C26H32FN5O2. The van der Waals surface area contributed by atoms with Crippen LogP contribution in [0.25, 0.3) is 10.9 Å². The summed E-state index contributed by atoms with van der Waals surface area (Å²) in [5, 5.41) is 8.15. The molecule has 0 radical (unpaired) electrons. The SMILES string of the molecule is CN(C)c1nc(NC2CCC(CNCc3cc(F)cc4c3OCOC4)CC2)nc2ccccc12. The highest BCUT2D eigenvalue weighted by Gasteiger charge is 2.23. The molecule has 2 heterocycles. The van der Waals surface area contributed by atoms with Gasteiger partial charge in [-0.2, -0.15) is 4.98 Å². The minimum absolute atomic E-state index is 0.222. The van der Waals surface area contributed by atoms with Gasteiger partial charge in [0.25, 0.3) is 0 Å². The molecule has 0 atom stereocenters. The Bertz CT molecular complexity index is 1150. The predicted octanol–water partition coefficient (Wildman–Crippen LogP) is 4.46. The molecule has 7 nitrogen and oxygen atoms in total. The first kappa shape index (κ1) is 22.8. The minimum atomic E-state index is -0.246. The topological polar surface area (TPSA) is 71.5 Å². The summed E-state index contributed by atoms with van der Waals surface area (Å²) >= 11 is 0. The molecule has 0 saturated heterocycles. The van der Waals surface area contributed by atoms with Crippen LogP contribution in [0, 0.1) is 11.7 Å². The summed E-state index contributed by atoms with van der Waals surface area (Å²) in [5.41, 5.74) is 2.60. The van der Waals surface area contributed by atoms with Gasteiger partial charge in [-0.15, -0.1) is 0 Å². The lowest BCUT2D eigenvalue weighted by Gasteiger charge is -2.30. The van der Waals surface area contributed by atoms with Gasteiger partial charge in [0.15, 0.2) is 6.79 Å². The second-order valence-corrected chi connectivity index (χ2v) is 9.44. The molecule has 2 aromatic carbocycles. The van der Waals surface area contributed by atoms with E-state index in [0.29, 0.717) is 31.1 Å². The molecule has 5 rings (SSSR count). The van der Waals surface area contributed by atoms with Gasteiger partial charge in [0.05, 0.1) is 12.1 Å². The molecule has 1 saturated carbocycles. The number of para-hydroxylation sites is 1. The second-order valence-electron chi connectivity index (χ2n) is 9.44. The van der Waals surface area contributed by atoms with Crippen LogP contribution in [0.2, 0.25) is 0 Å². The van der Waals surface area contributed by atoms with Gasteiger partial charge < -0.3 is 25.0 Å². The Morgan fingerprint density at radius 1 is 1.09 bits per heavy atom. The molecule has 0 amide bonds. The van der Waals surface area contributed by atoms with Gasteiger partial charge >= 0.3 is 0 Å².